The number of nitrogens with two attached hydrogens (primary N) is 2. The Morgan fingerprint density at radius 3 is 2.67 bits per heavy atom. The van der Waals surface area contributed by atoms with Crippen LogP contribution in [0.2, 0.25) is 0 Å². The van der Waals surface area contributed by atoms with E-state index in [2.05, 4.69) is 11.0 Å². The summed E-state index contributed by atoms with van der Waals surface area (Å²) in [6.07, 6.45) is 5.16. The molecule has 3 heterocycles. The van der Waals surface area contributed by atoms with Gasteiger partial charge in [-0.2, -0.15) is 0 Å². The maximum atomic E-state index is 13.4. The van der Waals surface area contributed by atoms with Gasteiger partial charge in [-0.25, -0.2) is 9.79 Å². The summed E-state index contributed by atoms with van der Waals surface area (Å²) >= 11 is 0. The zero-order chi connectivity index (χ0) is 18.8. The maximum absolute atomic E-state index is 13.4. The quantitative estimate of drug-likeness (QED) is 0.847. The van der Waals surface area contributed by atoms with E-state index < -0.39 is 0 Å². The van der Waals surface area contributed by atoms with Crippen LogP contribution in [0.25, 0.3) is 0 Å². The maximum Gasteiger partial charge on any atom is 0.328 e. The highest BCUT2D eigenvalue weighted by atomic mass is 16.2. The Labute approximate surface area is 161 Å². The molecular formula is C20H30N6O. The predicted octanol–water partition coefficient (Wildman–Crippen LogP) is 1.67. The number of carbonyl (C=O) groups excluding carboxylic acids is 1. The van der Waals surface area contributed by atoms with E-state index >= 15 is 0 Å². The summed E-state index contributed by atoms with van der Waals surface area (Å²) < 4.78 is 0. The van der Waals surface area contributed by atoms with Crippen LogP contribution in [0.15, 0.2) is 29.3 Å². The Morgan fingerprint density at radius 2 is 1.89 bits per heavy atom. The standard InChI is InChI=1S/C20H30N6O/c21-12-15-6-1-2-7-16(15)13-26-19(24-10-5-8-17(22)14-24)23-18-9-3-4-11-25(18)20(26)27/h1-2,6-7,17-18H,3-5,8-14,21-22H2. The van der Waals surface area contributed by atoms with Gasteiger partial charge in [0, 0.05) is 32.2 Å². The van der Waals surface area contributed by atoms with E-state index in [9.17, 15) is 4.79 Å². The topological polar surface area (TPSA) is 91.2 Å². The molecule has 2 unspecified atom stereocenters. The van der Waals surface area contributed by atoms with E-state index in [4.69, 9.17) is 16.5 Å². The molecule has 3 aliphatic rings. The first kappa shape index (κ1) is 18.3. The summed E-state index contributed by atoms with van der Waals surface area (Å²) in [7, 11) is 0. The minimum absolute atomic E-state index is 0.0274. The second-order valence-corrected chi connectivity index (χ2v) is 7.79. The molecule has 4 rings (SSSR count). The van der Waals surface area contributed by atoms with E-state index in [-0.39, 0.29) is 18.2 Å². The fourth-order valence-corrected chi connectivity index (χ4v) is 4.38. The van der Waals surface area contributed by atoms with Crippen LogP contribution >= 0.6 is 0 Å². The Morgan fingerprint density at radius 1 is 1.07 bits per heavy atom. The van der Waals surface area contributed by atoms with Gasteiger partial charge in [0.2, 0.25) is 5.96 Å². The van der Waals surface area contributed by atoms with Gasteiger partial charge in [0.1, 0.15) is 6.17 Å². The molecule has 0 radical (unpaired) electrons. The molecule has 2 saturated heterocycles. The highest BCUT2D eigenvalue weighted by molar-refractivity contribution is 5.98. The molecule has 2 amide bonds. The van der Waals surface area contributed by atoms with Gasteiger partial charge in [-0.1, -0.05) is 24.3 Å². The second-order valence-electron chi connectivity index (χ2n) is 7.79. The molecule has 7 heteroatoms. The Balaban J connectivity index is 1.67. The van der Waals surface area contributed by atoms with Crippen molar-refractivity contribution in [3.63, 3.8) is 0 Å². The number of likely N-dealkylation sites (tertiary alicyclic amines) is 1. The number of piperidine rings is 2. The van der Waals surface area contributed by atoms with Crippen LogP contribution in [0.1, 0.15) is 43.2 Å². The van der Waals surface area contributed by atoms with Gasteiger partial charge in [0.25, 0.3) is 0 Å². The monoisotopic (exact) mass is 370 g/mol. The van der Waals surface area contributed by atoms with Crippen molar-refractivity contribution >= 4 is 12.0 Å². The van der Waals surface area contributed by atoms with Crippen molar-refractivity contribution in [2.75, 3.05) is 19.6 Å². The molecule has 0 spiro atoms. The molecule has 0 saturated carbocycles. The number of guanidine groups is 1. The third-order valence-corrected chi connectivity index (χ3v) is 5.86. The number of benzene rings is 1. The third-order valence-electron chi connectivity index (χ3n) is 5.86. The molecule has 27 heavy (non-hydrogen) atoms. The average Bonchev–Trinajstić information content (AvgIpc) is 2.70. The fraction of sp³-hybridized carbons (Fsp3) is 0.600. The first-order chi connectivity index (χ1) is 13.2. The Bertz CT molecular complexity index is 720. The fourth-order valence-electron chi connectivity index (χ4n) is 4.38. The van der Waals surface area contributed by atoms with E-state index in [0.717, 1.165) is 68.8 Å². The van der Waals surface area contributed by atoms with E-state index in [1.54, 1.807) is 0 Å². The highest BCUT2D eigenvalue weighted by Gasteiger charge is 2.39. The first-order valence-electron chi connectivity index (χ1n) is 10.1. The molecule has 1 aromatic carbocycles. The van der Waals surface area contributed by atoms with Crippen molar-refractivity contribution < 1.29 is 4.79 Å². The molecule has 3 aliphatic heterocycles. The zero-order valence-corrected chi connectivity index (χ0v) is 15.9. The lowest BCUT2D eigenvalue weighted by atomic mass is 10.0. The summed E-state index contributed by atoms with van der Waals surface area (Å²) in [4.78, 5) is 24.4. The van der Waals surface area contributed by atoms with Crippen molar-refractivity contribution in [2.45, 2.75) is 57.4 Å². The minimum atomic E-state index is -0.0274. The molecule has 7 nitrogen and oxygen atoms in total. The number of aliphatic imine (C=N–C) groups is 1. The van der Waals surface area contributed by atoms with E-state index in [0.29, 0.717) is 13.1 Å². The predicted molar refractivity (Wildman–Crippen MR) is 106 cm³/mol. The summed E-state index contributed by atoms with van der Waals surface area (Å²) in [5.41, 5.74) is 14.3. The molecule has 2 fully saturated rings. The lowest BCUT2D eigenvalue weighted by Crippen LogP contribution is -2.61. The number of hydrogen-bond acceptors (Lipinski definition) is 5. The average molecular weight is 371 g/mol. The highest BCUT2D eigenvalue weighted by Crippen LogP contribution is 2.27. The van der Waals surface area contributed by atoms with Gasteiger partial charge in [-0.15, -0.1) is 0 Å². The summed E-state index contributed by atoms with van der Waals surface area (Å²) in [6, 6.07) is 8.27. The lowest BCUT2D eigenvalue weighted by Gasteiger charge is -2.46. The van der Waals surface area contributed by atoms with Gasteiger partial charge in [0.15, 0.2) is 0 Å². The van der Waals surface area contributed by atoms with Gasteiger partial charge >= 0.3 is 6.03 Å². The van der Waals surface area contributed by atoms with E-state index in [1.165, 1.54) is 0 Å². The SMILES string of the molecule is NCc1ccccc1CN1C(=O)N2CCCCC2N=C1N1CCCC(N)C1. The van der Waals surface area contributed by atoms with Crippen LogP contribution < -0.4 is 11.5 Å². The van der Waals surface area contributed by atoms with E-state index in [1.807, 2.05) is 28.0 Å². The molecule has 146 valence electrons. The van der Waals surface area contributed by atoms with Crippen molar-refractivity contribution in [1.29, 1.82) is 0 Å². The molecule has 0 bridgehead atoms. The molecule has 2 atom stereocenters. The van der Waals surface area contributed by atoms with Crippen LogP contribution in [0.3, 0.4) is 0 Å². The molecular weight excluding hydrogens is 340 g/mol. The van der Waals surface area contributed by atoms with Gasteiger partial charge in [-0.05, 0) is 43.2 Å². The Kier molecular flexibility index (Phi) is 5.31. The molecule has 4 N–H and O–H groups in total. The first-order valence-corrected chi connectivity index (χ1v) is 10.1. The van der Waals surface area contributed by atoms with Crippen LogP contribution in [0.4, 0.5) is 4.79 Å². The number of hydrogen-bond donors (Lipinski definition) is 2. The lowest BCUT2D eigenvalue weighted by molar-refractivity contribution is 0.113. The molecule has 0 aromatic heterocycles. The van der Waals surface area contributed by atoms with Crippen molar-refractivity contribution in [3.8, 4) is 0 Å². The number of amides is 2. The number of fused-ring (bicyclic) bond motifs is 1. The number of carbonyl (C=O) groups is 1. The van der Waals surface area contributed by atoms with Gasteiger partial charge in [-0.3, -0.25) is 4.90 Å². The van der Waals surface area contributed by atoms with Crippen LogP contribution in [0.5, 0.6) is 0 Å². The number of urea groups is 1. The van der Waals surface area contributed by atoms with Gasteiger partial charge in [0.05, 0.1) is 6.54 Å². The number of rotatable bonds is 3. The van der Waals surface area contributed by atoms with Crippen molar-refractivity contribution in [3.05, 3.63) is 35.4 Å². The van der Waals surface area contributed by atoms with Crippen LogP contribution in [0, 0.1) is 0 Å². The van der Waals surface area contributed by atoms with Crippen molar-refractivity contribution in [2.24, 2.45) is 16.5 Å². The molecule has 0 aliphatic carbocycles. The largest absolute Gasteiger partial charge is 0.341 e. The summed E-state index contributed by atoms with van der Waals surface area (Å²) in [6.45, 7) is 3.41. The van der Waals surface area contributed by atoms with Gasteiger partial charge < -0.3 is 21.3 Å². The smallest absolute Gasteiger partial charge is 0.328 e. The summed E-state index contributed by atoms with van der Waals surface area (Å²) in [5.74, 6) is 0.796. The normalized spacial score (nSPS) is 26.1. The number of nitrogens with zero attached hydrogens (tertiary/aromatic N) is 4. The minimum Gasteiger partial charge on any atom is -0.341 e. The van der Waals surface area contributed by atoms with Crippen LogP contribution in [-0.4, -0.2) is 58.5 Å². The molecule has 1 aromatic rings. The zero-order valence-electron chi connectivity index (χ0n) is 15.9. The third kappa shape index (κ3) is 3.66. The second kappa shape index (κ2) is 7.86. The van der Waals surface area contributed by atoms with Crippen molar-refractivity contribution in [1.82, 2.24) is 14.7 Å². The Hall–Kier alpha value is -2.12. The van der Waals surface area contributed by atoms with Crippen LogP contribution in [-0.2, 0) is 13.1 Å². The summed E-state index contributed by atoms with van der Waals surface area (Å²) in [5, 5.41) is 0.